The molecule has 35 heavy (non-hydrogen) atoms. The Kier molecular flexibility index (Phi) is 6.49. The van der Waals surface area contributed by atoms with Crippen LogP contribution in [0.4, 0.5) is 11.4 Å². The van der Waals surface area contributed by atoms with Crippen molar-refractivity contribution in [3.05, 3.63) is 85.2 Å². The van der Waals surface area contributed by atoms with Gasteiger partial charge in [0, 0.05) is 33.8 Å². The van der Waals surface area contributed by atoms with Crippen LogP contribution in [0, 0.1) is 18.3 Å². The van der Waals surface area contributed by atoms with Crippen LogP contribution in [0.25, 0.3) is 0 Å². The number of rotatable bonds is 6. The minimum atomic E-state index is -0.713. The summed E-state index contributed by atoms with van der Waals surface area (Å²) >= 11 is 6.22. The molecule has 2 aromatic carbocycles. The Morgan fingerprint density at radius 2 is 1.77 bits per heavy atom. The van der Waals surface area contributed by atoms with E-state index >= 15 is 0 Å². The molecule has 0 saturated carbocycles. The third-order valence-corrected chi connectivity index (χ3v) is 5.93. The van der Waals surface area contributed by atoms with E-state index in [1.54, 1.807) is 24.3 Å². The zero-order valence-corrected chi connectivity index (χ0v) is 19.7. The number of aromatic hydroxyl groups is 1. The summed E-state index contributed by atoms with van der Waals surface area (Å²) in [4.78, 5) is 38.9. The van der Waals surface area contributed by atoms with Gasteiger partial charge in [0.2, 0.25) is 5.88 Å². The zero-order chi connectivity index (χ0) is 25.3. The van der Waals surface area contributed by atoms with E-state index in [-0.39, 0.29) is 55.6 Å². The molecule has 1 aliphatic rings. The van der Waals surface area contributed by atoms with Gasteiger partial charge in [0.25, 0.3) is 5.56 Å². The molecule has 0 spiro atoms. The number of fused-ring (bicyclic) bond motifs is 2. The number of carbonyl (C=O) groups excluding carboxylic acids is 2. The number of pyridine rings is 1. The molecule has 0 aliphatic heterocycles. The minimum absolute atomic E-state index is 0.0225. The fourth-order valence-electron chi connectivity index (χ4n) is 3.88. The maximum atomic E-state index is 13.2. The van der Waals surface area contributed by atoms with E-state index < -0.39 is 17.2 Å². The molecule has 2 N–H and O–H groups in total. The topological polar surface area (TPSA) is 137 Å². The monoisotopic (exact) mass is 489 g/mol. The lowest BCUT2D eigenvalue weighted by Gasteiger charge is -2.19. The van der Waals surface area contributed by atoms with Crippen LogP contribution in [0.5, 0.6) is 5.88 Å². The Hall–Kier alpha value is -4.29. The average Bonchev–Trinajstić information content (AvgIpc) is 2.84. The van der Waals surface area contributed by atoms with Gasteiger partial charge in [0.05, 0.1) is 11.3 Å². The molecule has 4 rings (SSSR count). The van der Waals surface area contributed by atoms with E-state index in [1.807, 2.05) is 13.0 Å². The maximum Gasteiger partial charge on any atom is 0.290 e. The fourth-order valence-corrected chi connectivity index (χ4v) is 4.09. The van der Waals surface area contributed by atoms with Gasteiger partial charge in [-0.25, -0.2) is 0 Å². The Morgan fingerprint density at radius 3 is 2.43 bits per heavy atom. The molecule has 1 heterocycles. The number of benzene rings is 2. The molecule has 9 nitrogen and oxygen atoms in total. The number of halogens is 1. The van der Waals surface area contributed by atoms with E-state index in [2.05, 4.69) is 15.7 Å². The Bertz CT molecular complexity index is 1520. The smallest absolute Gasteiger partial charge is 0.290 e. The molecule has 0 fully saturated rings. The number of nitriles is 1. The molecule has 1 aliphatic carbocycles. The van der Waals surface area contributed by atoms with Crippen molar-refractivity contribution in [3.8, 4) is 11.9 Å². The van der Waals surface area contributed by atoms with Gasteiger partial charge < -0.3 is 10.5 Å². The standard InChI is InChI=1S/C25H20ClN5O4/c1-3-4-9-28-31-24(34)18(12-27)13(2)21(25(31)35)30-29-19-11-14(26)10-17-20(19)23(33)16-8-6-5-7-15(16)22(17)32/h5-8,10-11,28,35H,3-4,9H2,1-2H3/b30-29+. The van der Waals surface area contributed by atoms with Crippen molar-refractivity contribution in [2.24, 2.45) is 10.2 Å². The van der Waals surface area contributed by atoms with Gasteiger partial charge in [-0.1, -0.05) is 49.2 Å². The number of hydrogen-bond donors (Lipinski definition) is 2. The lowest BCUT2D eigenvalue weighted by atomic mass is 9.83. The van der Waals surface area contributed by atoms with Crippen LogP contribution in [0.1, 0.15) is 62.7 Å². The van der Waals surface area contributed by atoms with E-state index in [0.29, 0.717) is 6.54 Å². The molecular weight excluding hydrogens is 470 g/mol. The van der Waals surface area contributed by atoms with Crippen LogP contribution in [0.3, 0.4) is 0 Å². The molecule has 0 atom stereocenters. The fraction of sp³-hybridized carbons (Fsp3) is 0.200. The summed E-state index contributed by atoms with van der Waals surface area (Å²) in [5, 5.41) is 28.6. The summed E-state index contributed by atoms with van der Waals surface area (Å²) in [6, 6.07) is 11.1. The second-order valence-electron chi connectivity index (χ2n) is 7.94. The predicted molar refractivity (Wildman–Crippen MR) is 130 cm³/mol. The Morgan fingerprint density at radius 1 is 1.09 bits per heavy atom. The lowest BCUT2D eigenvalue weighted by Crippen LogP contribution is -2.31. The Labute approximate surface area is 205 Å². The van der Waals surface area contributed by atoms with Crippen molar-refractivity contribution in [1.82, 2.24) is 4.68 Å². The number of ketones is 2. The van der Waals surface area contributed by atoms with E-state index in [1.165, 1.54) is 19.1 Å². The molecule has 0 saturated heterocycles. The third-order valence-electron chi connectivity index (χ3n) is 5.71. The summed E-state index contributed by atoms with van der Waals surface area (Å²) in [6.07, 6.45) is 1.58. The van der Waals surface area contributed by atoms with Crippen LogP contribution < -0.4 is 11.0 Å². The highest BCUT2D eigenvalue weighted by molar-refractivity contribution is 6.34. The van der Waals surface area contributed by atoms with E-state index in [9.17, 15) is 24.8 Å². The third kappa shape index (κ3) is 4.09. The number of carbonyl (C=O) groups is 2. The molecule has 0 amide bonds. The highest BCUT2D eigenvalue weighted by Crippen LogP contribution is 2.38. The van der Waals surface area contributed by atoms with Gasteiger partial charge in [-0.2, -0.15) is 9.94 Å². The number of nitrogens with zero attached hydrogens (tertiary/aromatic N) is 4. The number of azo groups is 1. The molecule has 176 valence electrons. The van der Waals surface area contributed by atoms with Gasteiger partial charge in [0.1, 0.15) is 11.6 Å². The van der Waals surface area contributed by atoms with Crippen molar-refractivity contribution in [2.45, 2.75) is 26.7 Å². The van der Waals surface area contributed by atoms with Crippen LogP contribution in [0.15, 0.2) is 51.4 Å². The highest BCUT2D eigenvalue weighted by Gasteiger charge is 2.32. The van der Waals surface area contributed by atoms with Crippen molar-refractivity contribution in [3.63, 3.8) is 0 Å². The number of unbranched alkanes of at least 4 members (excludes halogenated alkanes) is 1. The summed E-state index contributed by atoms with van der Waals surface area (Å²) in [6.45, 7) is 3.81. The number of aromatic nitrogens is 1. The predicted octanol–water partition coefficient (Wildman–Crippen LogP) is 4.92. The molecule has 1 aromatic heterocycles. The first-order chi connectivity index (χ1) is 16.8. The highest BCUT2D eigenvalue weighted by atomic mass is 35.5. The van der Waals surface area contributed by atoms with Gasteiger partial charge in [-0.3, -0.25) is 14.4 Å². The largest absolute Gasteiger partial charge is 0.492 e. The molecule has 3 aromatic rings. The van der Waals surface area contributed by atoms with Crippen LogP contribution in [0.2, 0.25) is 5.02 Å². The van der Waals surface area contributed by atoms with Crippen LogP contribution in [-0.2, 0) is 0 Å². The van der Waals surface area contributed by atoms with Crippen molar-refractivity contribution in [1.29, 1.82) is 5.26 Å². The summed E-state index contributed by atoms with van der Waals surface area (Å²) in [5.41, 5.74) is 2.52. The minimum Gasteiger partial charge on any atom is -0.492 e. The van der Waals surface area contributed by atoms with E-state index in [0.717, 1.165) is 17.5 Å². The van der Waals surface area contributed by atoms with Gasteiger partial charge in [-0.15, -0.1) is 10.2 Å². The number of nitrogens with one attached hydrogen (secondary N) is 1. The maximum absolute atomic E-state index is 13.2. The first-order valence-electron chi connectivity index (χ1n) is 10.9. The van der Waals surface area contributed by atoms with Gasteiger partial charge in [0.15, 0.2) is 17.3 Å². The van der Waals surface area contributed by atoms with Gasteiger partial charge >= 0.3 is 0 Å². The van der Waals surface area contributed by atoms with Crippen LogP contribution in [-0.4, -0.2) is 27.9 Å². The summed E-state index contributed by atoms with van der Waals surface area (Å²) in [7, 11) is 0. The Balaban J connectivity index is 1.86. The summed E-state index contributed by atoms with van der Waals surface area (Å²) in [5.74, 6) is -1.31. The van der Waals surface area contributed by atoms with Gasteiger partial charge in [-0.05, 0) is 25.5 Å². The normalized spacial score (nSPS) is 12.4. The molecule has 0 radical (unpaired) electrons. The first kappa shape index (κ1) is 23.9. The van der Waals surface area contributed by atoms with Crippen molar-refractivity contribution < 1.29 is 14.7 Å². The number of hydrogen-bond acceptors (Lipinski definition) is 8. The molecule has 0 bridgehead atoms. The average molecular weight is 490 g/mol. The van der Waals surface area contributed by atoms with Crippen LogP contribution >= 0.6 is 11.6 Å². The second kappa shape index (κ2) is 9.52. The zero-order valence-electron chi connectivity index (χ0n) is 18.9. The lowest BCUT2D eigenvalue weighted by molar-refractivity contribution is 0.0979. The molecule has 0 unspecified atom stereocenters. The summed E-state index contributed by atoms with van der Waals surface area (Å²) < 4.78 is 0.855. The first-order valence-corrected chi connectivity index (χ1v) is 11.2. The van der Waals surface area contributed by atoms with Crippen molar-refractivity contribution in [2.75, 3.05) is 12.0 Å². The SMILES string of the molecule is CCCCNn1c(O)c(/N=N/c2cc(Cl)cc3c2C(=O)c2ccccc2C3=O)c(C)c(C#N)c1=O. The molecule has 10 heteroatoms. The quantitative estimate of drug-likeness (QED) is 0.291. The van der Waals surface area contributed by atoms with E-state index in [4.69, 9.17) is 11.6 Å². The second-order valence-corrected chi connectivity index (χ2v) is 8.37. The molecular formula is C25H20ClN5O4. The van der Waals surface area contributed by atoms with Crippen molar-refractivity contribution >= 4 is 34.5 Å².